The summed E-state index contributed by atoms with van der Waals surface area (Å²) in [6.45, 7) is 0. The normalized spacial score (nSPS) is 10.3. The van der Waals surface area contributed by atoms with Gasteiger partial charge in [0.05, 0.1) is 23.9 Å². The van der Waals surface area contributed by atoms with Crippen LogP contribution in [0.3, 0.4) is 0 Å². The Balaban J connectivity index is 2.67. The average Bonchev–Trinajstić information content (AvgIpc) is 2.39. The minimum absolute atomic E-state index is 0.0154. The molecule has 5 heteroatoms. The molecular formula is C14H11F2NO2. The molecule has 0 spiro atoms. The zero-order valence-electron chi connectivity index (χ0n) is 10.1. The van der Waals surface area contributed by atoms with Gasteiger partial charge in [-0.2, -0.15) is 0 Å². The van der Waals surface area contributed by atoms with E-state index in [0.29, 0.717) is 0 Å². The van der Waals surface area contributed by atoms with Crippen molar-refractivity contribution in [1.82, 2.24) is 0 Å². The molecule has 98 valence electrons. The third kappa shape index (κ3) is 2.27. The number of benzene rings is 2. The van der Waals surface area contributed by atoms with E-state index in [1.807, 2.05) is 0 Å². The standard InChI is InChI=1S/C14H11F2NO2/c1-19-14(18)9-5-2-4-8(13(9)17)12-10(15)6-3-7-11(12)16/h2-7H,17H2,1H3. The van der Waals surface area contributed by atoms with Crippen molar-refractivity contribution in [3.8, 4) is 11.1 Å². The van der Waals surface area contributed by atoms with Crippen LogP contribution in [0.15, 0.2) is 36.4 Å². The Morgan fingerprint density at radius 2 is 1.68 bits per heavy atom. The number of anilines is 1. The molecule has 0 aromatic heterocycles. The first kappa shape index (κ1) is 13.0. The van der Waals surface area contributed by atoms with E-state index in [-0.39, 0.29) is 22.4 Å². The highest BCUT2D eigenvalue weighted by Gasteiger charge is 2.18. The van der Waals surface area contributed by atoms with Gasteiger partial charge < -0.3 is 10.5 Å². The van der Waals surface area contributed by atoms with E-state index in [4.69, 9.17) is 5.73 Å². The Morgan fingerprint density at radius 3 is 2.26 bits per heavy atom. The molecule has 2 aromatic rings. The molecular weight excluding hydrogens is 252 g/mol. The van der Waals surface area contributed by atoms with E-state index in [2.05, 4.69) is 4.74 Å². The van der Waals surface area contributed by atoms with Crippen LogP contribution in [-0.2, 0) is 4.74 Å². The largest absolute Gasteiger partial charge is 0.465 e. The van der Waals surface area contributed by atoms with Crippen LogP contribution in [0.25, 0.3) is 11.1 Å². The molecule has 0 fully saturated rings. The molecule has 0 aliphatic carbocycles. The number of halogens is 2. The van der Waals surface area contributed by atoms with Gasteiger partial charge in [-0.15, -0.1) is 0 Å². The topological polar surface area (TPSA) is 52.3 Å². The van der Waals surface area contributed by atoms with Crippen LogP contribution in [0.2, 0.25) is 0 Å². The van der Waals surface area contributed by atoms with Crippen molar-refractivity contribution in [3.63, 3.8) is 0 Å². The summed E-state index contributed by atoms with van der Waals surface area (Å²) in [5, 5.41) is 0. The van der Waals surface area contributed by atoms with Crippen LogP contribution in [0.1, 0.15) is 10.4 Å². The Hall–Kier alpha value is -2.43. The highest BCUT2D eigenvalue weighted by atomic mass is 19.1. The number of carbonyl (C=O) groups is 1. The number of methoxy groups -OCH3 is 1. The molecule has 0 bridgehead atoms. The maximum Gasteiger partial charge on any atom is 0.339 e. The van der Waals surface area contributed by atoms with Crippen molar-refractivity contribution >= 4 is 11.7 Å². The van der Waals surface area contributed by atoms with Crippen molar-refractivity contribution in [2.24, 2.45) is 0 Å². The van der Waals surface area contributed by atoms with E-state index in [1.165, 1.54) is 31.4 Å². The lowest BCUT2D eigenvalue weighted by molar-refractivity contribution is 0.0602. The Kier molecular flexibility index (Phi) is 3.46. The molecule has 0 unspecified atom stereocenters. The number of nitrogens with two attached hydrogens (primary N) is 1. The van der Waals surface area contributed by atoms with E-state index in [0.717, 1.165) is 12.1 Å². The fraction of sp³-hybridized carbons (Fsp3) is 0.0714. The quantitative estimate of drug-likeness (QED) is 0.669. The van der Waals surface area contributed by atoms with Gasteiger partial charge in [0.2, 0.25) is 0 Å². The van der Waals surface area contributed by atoms with Crippen LogP contribution in [0.4, 0.5) is 14.5 Å². The van der Waals surface area contributed by atoms with Crippen molar-refractivity contribution in [2.75, 3.05) is 12.8 Å². The highest BCUT2D eigenvalue weighted by Crippen LogP contribution is 2.32. The van der Waals surface area contributed by atoms with Crippen LogP contribution < -0.4 is 5.73 Å². The van der Waals surface area contributed by atoms with Gasteiger partial charge in [-0.1, -0.05) is 18.2 Å². The van der Waals surface area contributed by atoms with Crippen LogP contribution in [0.5, 0.6) is 0 Å². The van der Waals surface area contributed by atoms with Crippen molar-refractivity contribution in [3.05, 3.63) is 53.6 Å². The number of ether oxygens (including phenoxy) is 1. The molecule has 2 N–H and O–H groups in total. The van der Waals surface area contributed by atoms with Crippen molar-refractivity contribution in [2.45, 2.75) is 0 Å². The molecule has 0 heterocycles. The molecule has 0 atom stereocenters. The minimum atomic E-state index is -0.742. The number of esters is 1. The predicted octanol–water partition coefficient (Wildman–Crippen LogP) is 3.00. The lowest BCUT2D eigenvalue weighted by Crippen LogP contribution is -2.07. The Morgan fingerprint density at radius 1 is 1.11 bits per heavy atom. The van der Waals surface area contributed by atoms with E-state index in [1.54, 1.807) is 0 Å². The SMILES string of the molecule is COC(=O)c1cccc(-c2c(F)cccc2F)c1N. The van der Waals surface area contributed by atoms with Gasteiger partial charge in [-0.3, -0.25) is 0 Å². The fourth-order valence-electron chi connectivity index (χ4n) is 1.83. The number of nitrogen functional groups attached to an aromatic ring is 1. The summed E-state index contributed by atoms with van der Waals surface area (Å²) < 4.78 is 32.0. The van der Waals surface area contributed by atoms with Gasteiger partial charge in [0.25, 0.3) is 0 Å². The minimum Gasteiger partial charge on any atom is -0.465 e. The molecule has 2 rings (SSSR count). The zero-order chi connectivity index (χ0) is 14.0. The molecule has 0 radical (unpaired) electrons. The summed E-state index contributed by atoms with van der Waals surface area (Å²) in [7, 11) is 1.21. The number of carbonyl (C=O) groups excluding carboxylic acids is 1. The Labute approximate surface area is 108 Å². The van der Waals surface area contributed by atoms with Gasteiger partial charge in [-0.05, 0) is 18.2 Å². The number of hydrogen-bond donors (Lipinski definition) is 1. The number of hydrogen-bond acceptors (Lipinski definition) is 3. The van der Waals surface area contributed by atoms with E-state index < -0.39 is 17.6 Å². The third-order valence-electron chi connectivity index (χ3n) is 2.74. The fourth-order valence-corrected chi connectivity index (χ4v) is 1.83. The first-order valence-electron chi connectivity index (χ1n) is 5.47. The second-order valence-electron chi connectivity index (χ2n) is 3.86. The third-order valence-corrected chi connectivity index (χ3v) is 2.74. The van der Waals surface area contributed by atoms with Crippen molar-refractivity contribution < 1.29 is 18.3 Å². The summed E-state index contributed by atoms with van der Waals surface area (Å²) in [5.74, 6) is -2.14. The number of rotatable bonds is 2. The zero-order valence-corrected chi connectivity index (χ0v) is 10.1. The molecule has 2 aromatic carbocycles. The lowest BCUT2D eigenvalue weighted by atomic mass is 9.99. The molecule has 0 saturated heterocycles. The molecule has 3 nitrogen and oxygen atoms in total. The van der Waals surface area contributed by atoms with Gasteiger partial charge >= 0.3 is 5.97 Å². The predicted molar refractivity (Wildman–Crippen MR) is 67.5 cm³/mol. The summed E-state index contributed by atoms with van der Waals surface area (Å²) in [6, 6.07) is 7.89. The number of para-hydroxylation sites is 1. The first-order chi connectivity index (χ1) is 9.06. The van der Waals surface area contributed by atoms with Crippen LogP contribution in [-0.4, -0.2) is 13.1 Å². The second kappa shape index (κ2) is 5.06. The van der Waals surface area contributed by atoms with Crippen molar-refractivity contribution in [1.29, 1.82) is 0 Å². The Bertz CT molecular complexity index is 621. The maximum absolute atomic E-state index is 13.7. The van der Waals surface area contributed by atoms with Gasteiger partial charge in [-0.25, -0.2) is 13.6 Å². The first-order valence-corrected chi connectivity index (χ1v) is 5.47. The highest BCUT2D eigenvalue weighted by molar-refractivity contribution is 5.99. The lowest BCUT2D eigenvalue weighted by Gasteiger charge is -2.11. The van der Waals surface area contributed by atoms with Gasteiger partial charge in [0, 0.05) is 5.56 Å². The van der Waals surface area contributed by atoms with Crippen LogP contribution >= 0.6 is 0 Å². The van der Waals surface area contributed by atoms with Gasteiger partial charge in [0.1, 0.15) is 11.6 Å². The molecule has 0 aliphatic rings. The molecule has 0 saturated carbocycles. The maximum atomic E-state index is 13.7. The average molecular weight is 263 g/mol. The summed E-state index contributed by atoms with van der Waals surface area (Å²) in [5.41, 5.74) is 5.72. The summed E-state index contributed by atoms with van der Waals surface area (Å²) >= 11 is 0. The summed E-state index contributed by atoms with van der Waals surface area (Å²) in [6.07, 6.45) is 0. The molecule has 0 aliphatic heterocycles. The van der Waals surface area contributed by atoms with E-state index >= 15 is 0 Å². The van der Waals surface area contributed by atoms with Gasteiger partial charge in [0.15, 0.2) is 0 Å². The molecule has 19 heavy (non-hydrogen) atoms. The monoisotopic (exact) mass is 263 g/mol. The summed E-state index contributed by atoms with van der Waals surface area (Å²) in [4.78, 5) is 11.5. The molecule has 0 amide bonds. The smallest absolute Gasteiger partial charge is 0.339 e. The second-order valence-corrected chi connectivity index (χ2v) is 3.86. The van der Waals surface area contributed by atoms with Crippen LogP contribution in [0, 0.1) is 11.6 Å². The van der Waals surface area contributed by atoms with E-state index in [9.17, 15) is 13.6 Å².